The Morgan fingerprint density at radius 2 is 1.89 bits per heavy atom. The number of carbonyl (C=O) groups excluding carboxylic acids is 2. The topological polar surface area (TPSA) is 58.6 Å². The predicted molar refractivity (Wildman–Crippen MR) is 109 cm³/mol. The predicted octanol–water partition coefficient (Wildman–Crippen LogP) is 3.54. The lowest BCUT2D eigenvalue weighted by Gasteiger charge is -2.38. The smallest absolute Gasteiger partial charge is 0.225 e. The number of aryl methyl sites for hydroxylation is 2. The van der Waals surface area contributed by atoms with E-state index >= 15 is 0 Å². The van der Waals surface area contributed by atoms with Crippen LogP contribution in [-0.4, -0.2) is 30.9 Å². The normalized spacial score (nSPS) is 19.4. The Bertz CT molecular complexity index is 861. The van der Waals surface area contributed by atoms with Crippen LogP contribution in [0, 0.1) is 19.8 Å². The molecule has 1 saturated heterocycles. The molecule has 2 amide bonds. The molecule has 5 heteroatoms. The number of likely N-dealkylation sites (tertiary alicyclic amines) is 1. The largest absolute Gasteiger partial charge is 0.497 e. The molecule has 1 N–H and O–H groups in total. The van der Waals surface area contributed by atoms with Crippen molar-refractivity contribution in [3.63, 3.8) is 0 Å². The molecule has 5 nitrogen and oxygen atoms in total. The summed E-state index contributed by atoms with van der Waals surface area (Å²) < 4.78 is 5.23. The molecule has 0 aromatic heterocycles. The Kier molecular flexibility index (Phi) is 6.02. The fourth-order valence-corrected chi connectivity index (χ4v) is 3.87. The van der Waals surface area contributed by atoms with E-state index in [0.29, 0.717) is 19.4 Å². The number of benzene rings is 2. The highest BCUT2D eigenvalue weighted by Crippen LogP contribution is 2.36. The van der Waals surface area contributed by atoms with Crippen molar-refractivity contribution in [2.24, 2.45) is 5.92 Å². The molecule has 2 aromatic rings. The molecule has 0 radical (unpaired) electrons. The first kappa shape index (κ1) is 19.9. The van der Waals surface area contributed by atoms with Gasteiger partial charge in [0.1, 0.15) is 5.75 Å². The summed E-state index contributed by atoms with van der Waals surface area (Å²) in [7, 11) is 3.40. The molecular weight excluding hydrogens is 352 g/mol. The first-order valence-electron chi connectivity index (χ1n) is 9.64. The van der Waals surface area contributed by atoms with Gasteiger partial charge in [0.25, 0.3) is 0 Å². The highest BCUT2D eigenvalue weighted by atomic mass is 16.5. The summed E-state index contributed by atoms with van der Waals surface area (Å²) in [6, 6.07) is 13.6. The molecule has 2 aromatic carbocycles. The number of hydrogen-bond donors (Lipinski definition) is 1. The third-order valence-corrected chi connectivity index (χ3v) is 5.61. The second-order valence-electron chi connectivity index (χ2n) is 7.52. The van der Waals surface area contributed by atoms with Gasteiger partial charge in [-0.2, -0.15) is 0 Å². The second kappa shape index (κ2) is 8.46. The number of piperidine rings is 1. The minimum atomic E-state index is -0.277. The van der Waals surface area contributed by atoms with E-state index in [-0.39, 0.29) is 23.8 Å². The first-order valence-corrected chi connectivity index (χ1v) is 9.64. The molecule has 3 rings (SSSR count). The molecule has 0 aliphatic carbocycles. The summed E-state index contributed by atoms with van der Waals surface area (Å²) in [5.41, 5.74) is 4.40. The molecule has 1 aliphatic rings. The molecule has 28 heavy (non-hydrogen) atoms. The van der Waals surface area contributed by atoms with E-state index in [1.165, 1.54) is 5.56 Å². The summed E-state index contributed by atoms with van der Waals surface area (Å²) in [5, 5.41) is 3.09. The second-order valence-corrected chi connectivity index (χ2v) is 7.52. The van der Waals surface area contributed by atoms with Gasteiger partial charge in [0, 0.05) is 20.0 Å². The van der Waals surface area contributed by atoms with Crippen molar-refractivity contribution < 1.29 is 14.3 Å². The zero-order valence-electron chi connectivity index (χ0n) is 17.0. The fraction of sp³-hybridized carbons (Fsp3) is 0.391. The average Bonchev–Trinajstić information content (AvgIpc) is 2.70. The quantitative estimate of drug-likeness (QED) is 0.863. The van der Waals surface area contributed by atoms with E-state index in [0.717, 1.165) is 22.4 Å². The van der Waals surface area contributed by atoms with E-state index in [4.69, 9.17) is 4.74 Å². The van der Waals surface area contributed by atoms with Crippen molar-refractivity contribution in [3.8, 4) is 5.75 Å². The van der Waals surface area contributed by atoms with Crippen LogP contribution in [-0.2, 0) is 16.1 Å². The van der Waals surface area contributed by atoms with Gasteiger partial charge in [-0.3, -0.25) is 9.59 Å². The lowest BCUT2D eigenvalue weighted by atomic mass is 9.84. The van der Waals surface area contributed by atoms with Crippen LogP contribution in [0.2, 0.25) is 0 Å². The third kappa shape index (κ3) is 4.19. The van der Waals surface area contributed by atoms with Crippen LogP contribution in [0.1, 0.15) is 41.1 Å². The van der Waals surface area contributed by atoms with E-state index < -0.39 is 0 Å². The number of ether oxygens (including phenoxy) is 1. The van der Waals surface area contributed by atoms with Crippen molar-refractivity contribution in [1.82, 2.24) is 10.2 Å². The third-order valence-electron chi connectivity index (χ3n) is 5.61. The van der Waals surface area contributed by atoms with Crippen LogP contribution >= 0.6 is 0 Å². The summed E-state index contributed by atoms with van der Waals surface area (Å²) >= 11 is 0. The summed E-state index contributed by atoms with van der Waals surface area (Å²) in [4.78, 5) is 27.1. The molecular formula is C23H28N2O3. The van der Waals surface area contributed by atoms with Crippen molar-refractivity contribution in [3.05, 3.63) is 64.7 Å². The lowest BCUT2D eigenvalue weighted by molar-refractivity contribution is -0.141. The Morgan fingerprint density at radius 1 is 1.18 bits per heavy atom. The maximum Gasteiger partial charge on any atom is 0.225 e. The Balaban J connectivity index is 1.79. The van der Waals surface area contributed by atoms with Gasteiger partial charge in [0.2, 0.25) is 11.8 Å². The molecule has 0 bridgehead atoms. The first-order chi connectivity index (χ1) is 13.4. The maximum absolute atomic E-state index is 13.1. The zero-order valence-corrected chi connectivity index (χ0v) is 17.0. The Labute approximate surface area is 166 Å². The number of amides is 2. The number of hydrogen-bond acceptors (Lipinski definition) is 3. The minimum absolute atomic E-state index is 0.0129. The number of nitrogens with one attached hydrogen (secondary N) is 1. The number of nitrogens with zero attached hydrogens (tertiary/aromatic N) is 1. The van der Waals surface area contributed by atoms with E-state index in [2.05, 4.69) is 23.5 Å². The lowest BCUT2D eigenvalue weighted by Crippen LogP contribution is -2.46. The molecule has 2 atom stereocenters. The van der Waals surface area contributed by atoms with Gasteiger partial charge < -0.3 is 15.0 Å². The van der Waals surface area contributed by atoms with Gasteiger partial charge in [-0.1, -0.05) is 35.9 Å². The summed E-state index contributed by atoms with van der Waals surface area (Å²) in [6.45, 7) is 4.59. The Morgan fingerprint density at radius 3 is 2.57 bits per heavy atom. The molecule has 148 valence electrons. The van der Waals surface area contributed by atoms with Gasteiger partial charge in [-0.15, -0.1) is 0 Å². The standard InChI is InChI=1S/C23H28N2O3/c1-15-5-6-16(2)18(13-15)14-24-23(27)20-11-12-21(26)25(3)22(20)17-7-9-19(28-4)10-8-17/h5-10,13,20,22H,11-12,14H2,1-4H3,(H,24,27)/t20-,22+/m1/s1. The van der Waals surface area contributed by atoms with Crippen molar-refractivity contribution in [2.45, 2.75) is 39.3 Å². The molecule has 1 aliphatic heterocycles. The zero-order chi connectivity index (χ0) is 20.3. The number of carbonyl (C=O) groups is 2. The van der Waals surface area contributed by atoms with Gasteiger partial charge >= 0.3 is 0 Å². The van der Waals surface area contributed by atoms with Crippen LogP contribution in [0.3, 0.4) is 0 Å². The average molecular weight is 380 g/mol. The Hall–Kier alpha value is -2.82. The highest BCUT2D eigenvalue weighted by Gasteiger charge is 2.38. The van der Waals surface area contributed by atoms with E-state index in [9.17, 15) is 9.59 Å². The van der Waals surface area contributed by atoms with Gasteiger partial charge in [-0.05, 0) is 49.1 Å². The molecule has 1 heterocycles. The highest BCUT2D eigenvalue weighted by molar-refractivity contribution is 5.85. The van der Waals surface area contributed by atoms with Crippen LogP contribution < -0.4 is 10.1 Å². The fourth-order valence-electron chi connectivity index (χ4n) is 3.87. The van der Waals surface area contributed by atoms with Crippen LogP contribution in [0.4, 0.5) is 0 Å². The summed E-state index contributed by atoms with van der Waals surface area (Å²) in [6.07, 6.45) is 0.948. The maximum atomic E-state index is 13.1. The molecule has 0 unspecified atom stereocenters. The van der Waals surface area contributed by atoms with Gasteiger partial charge in [0.15, 0.2) is 0 Å². The molecule has 0 saturated carbocycles. The monoisotopic (exact) mass is 380 g/mol. The SMILES string of the molecule is COc1ccc([C@H]2[C@H](C(=O)NCc3cc(C)ccc3C)CCC(=O)N2C)cc1. The van der Waals surface area contributed by atoms with Crippen molar-refractivity contribution in [1.29, 1.82) is 0 Å². The van der Waals surface area contributed by atoms with Crippen molar-refractivity contribution in [2.75, 3.05) is 14.2 Å². The van der Waals surface area contributed by atoms with Crippen LogP contribution in [0.15, 0.2) is 42.5 Å². The van der Waals surface area contributed by atoms with Gasteiger partial charge in [-0.25, -0.2) is 0 Å². The summed E-state index contributed by atoms with van der Waals surface area (Å²) in [5.74, 6) is 0.533. The number of methoxy groups -OCH3 is 1. The van der Waals surface area contributed by atoms with E-state index in [1.807, 2.05) is 38.1 Å². The van der Waals surface area contributed by atoms with Gasteiger partial charge in [0.05, 0.1) is 19.1 Å². The van der Waals surface area contributed by atoms with E-state index in [1.54, 1.807) is 19.1 Å². The molecule has 1 fully saturated rings. The minimum Gasteiger partial charge on any atom is -0.497 e. The number of rotatable bonds is 5. The van der Waals surface area contributed by atoms with Crippen LogP contribution in [0.5, 0.6) is 5.75 Å². The van der Waals surface area contributed by atoms with Crippen LogP contribution in [0.25, 0.3) is 0 Å². The van der Waals surface area contributed by atoms with Crippen molar-refractivity contribution >= 4 is 11.8 Å². The molecule has 0 spiro atoms.